The molecule has 15 atom stereocenters. The average Bonchev–Trinajstić information content (AvgIpc) is 3.32. The van der Waals surface area contributed by atoms with Crippen LogP contribution in [0.4, 0.5) is 0 Å². The van der Waals surface area contributed by atoms with Crippen molar-refractivity contribution in [2.75, 3.05) is 41.0 Å². The molecule has 4 rings (SSSR count). The number of hydrogen-bond donors (Lipinski definition) is 3. The van der Waals surface area contributed by atoms with Crippen molar-refractivity contribution in [3.05, 3.63) is 47.6 Å². The molecular weight excluding hydrogens is 873 g/mol. The van der Waals surface area contributed by atoms with Gasteiger partial charge in [-0.1, -0.05) is 71.1 Å². The fraction of sp³-hybridized carbons (Fsp3) is 0.755. The van der Waals surface area contributed by atoms with E-state index in [1.165, 1.54) is 12.0 Å². The number of nitrogens with zero attached hydrogens (tertiary/aromatic N) is 1. The van der Waals surface area contributed by atoms with Crippen LogP contribution in [0.3, 0.4) is 0 Å². The van der Waals surface area contributed by atoms with Gasteiger partial charge in [-0.2, -0.15) is 0 Å². The van der Waals surface area contributed by atoms with Crippen LogP contribution in [0.15, 0.2) is 47.6 Å². The smallest absolute Gasteiger partial charge is 0.329 e. The number of aliphatic hydroxyl groups excluding tert-OH is 1. The van der Waals surface area contributed by atoms with E-state index in [0.29, 0.717) is 70.1 Å². The summed E-state index contributed by atoms with van der Waals surface area (Å²) in [6, 6.07) is -1.13. The number of allylic oxidation sites excluding steroid dienone is 6. The first-order valence-corrected chi connectivity index (χ1v) is 25.1. The predicted molar refractivity (Wildman–Crippen MR) is 258 cm³/mol. The van der Waals surface area contributed by atoms with Gasteiger partial charge in [-0.15, -0.1) is 0 Å². The molecule has 3 aliphatic heterocycles. The summed E-state index contributed by atoms with van der Waals surface area (Å²) in [6.07, 6.45) is 12.4. The zero-order valence-electron chi connectivity index (χ0n) is 42.6. The molecule has 68 heavy (non-hydrogen) atoms. The molecule has 1 amide bonds. The van der Waals surface area contributed by atoms with Gasteiger partial charge in [0, 0.05) is 65.0 Å². The number of aliphatic hydroxyl groups is 2. The Morgan fingerprint density at radius 1 is 0.868 bits per heavy atom. The number of amides is 1. The van der Waals surface area contributed by atoms with E-state index in [4.69, 9.17) is 34.2 Å². The Morgan fingerprint density at radius 3 is 2.28 bits per heavy atom. The molecule has 2 bridgehead atoms. The van der Waals surface area contributed by atoms with Crippen molar-refractivity contribution in [2.45, 2.75) is 180 Å². The SMILES string of the molecule is CO[C@H]1C[C@@H]2CC[C@@H](C)[C@@](O)(O2)C(=O)C(=O)N2CCCC[C@H]2C(=O)O[C@H]([C@H](C)C[C@@H]2CC[C@@H](OCCN)[C@H](OC)C2)CC(=O)[C@H](C)/C=C(\C)[C@@H](O)[C@@H](OC)C(=O)[C@H](C)C[C@H](C)/C=C/C=CC=C1C. The molecular formula is C53H84N2O13. The molecule has 0 unspecified atom stereocenters. The minimum atomic E-state index is -2.43. The Morgan fingerprint density at radius 2 is 1.60 bits per heavy atom. The highest BCUT2D eigenvalue weighted by Gasteiger charge is 2.53. The maximum absolute atomic E-state index is 14.5. The summed E-state index contributed by atoms with van der Waals surface area (Å²) in [4.78, 5) is 72.2. The molecule has 0 spiro atoms. The largest absolute Gasteiger partial charge is 0.460 e. The summed E-state index contributed by atoms with van der Waals surface area (Å²) >= 11 is 0. The molecule has 1 saturated carbocycles. The predicted octanol–water partition coefficient (Wildman–Crippen LogP) is 6.16. The Bertz CT molecular complexity index is 1810. The summed E-state index contributed by atoms with van der Waals surface area (Å²) in [5.74, 6) is -7.84. The molecule has 3 heterocycles. The number of nitrogens with two attached hydrogens (primary N) is 1. The van der Waals surface area contributed by atoms with Crippen molar-refractivity contribution in [1.82, 2.24) is 4.90 Å². The molecule has 4 N–H and O–H groups in total. The van der Waals surface area contributed by atoms with Crippen LogP contribution in [0.5, 0.6) is 0 Å². The maximum Gasteiger partial charge on any atom is 0.329 e. The summed E-state index contributed by atoms with van der Waals surface area (Å²) in [7, 11) is 4.62. The standard InChI is InChI=1S/C53H84N2O13/c1-32-16-12-11-13-17-33(2)44(63-8)30-40-21-19-38(7)53(62,68-40)50(59)51(60)55-24-15-14-18-41(55)52(61)67-45(35(4)28-39-20-22-43(66-25-23-54)46(29-39)64-9)31-42(56)34(3)27-37(6)48(58)49(65-10)47(57)36(5)26-32/h11-13,16-17,27,32,34-36,38-41,43-46,48-49,58,62H,14-15,18-26,28-31,54H2,1-10H3/b13-11?,16-12+,33-17?,37-27+/t32-,34-,35-,36-,38-,39+,40+,41+,43-,44+,45+,46-,48-,49+,53-/m1/s1. The number of Topliss-reactive ketones (excluding diaryl/α,β-unsaturated/α-hetero) is 3. The third-order valence-electron chi connectivity index (χ3n) is 14.9. The van der Waals surface area contributed by atoms with Gasteiger partial charge in [0.15, 0.2) is 5.78 Å². The van der Waals surface area contributed by atoms with Gasteiger partial charge >= 0.3 is 5.97 Å². The van der Waals surface area contributed by atoms with Crippen molar-refractivity contribution in [2.24, 2.45) is 41.2 Å². The molecule has 4 aliphatic rings. The van der Waals surface area contributed by atoms with E-state index in [2.05, 4.69) is 0 Å². The summed E-state index contributed by atoms with van der Waals surface area (Å²) < 4.78 is 35.8. The quantitative estimate of drug-likeness (QED) is 0.134. The number of carbonyl (C=O) groups excluding carboxylic acids is 5. The summed E-state index contributed by atoms with van der Waals surface area (Å²) in [5, 5.41) is 23.5. The second kappa shape index (κ2) is 27.3. The van der Waals surface area contributed by atoms with Gasteiger partial charge < -0.3 is 49.3 Å². The number of methoxy groups -OCH3 is 3. The van der Waals surface area contributed by atoms with Crippen LogP contribution in [0, 0.1) is 35.5 Å². The zero-order chi connectivity index (χ0) is 50.3. The second-order valence-corrected chi connectivity index (χ2v) is 20.2. The lowest BCUT2D eigenvalue weighted by Crippen LogP contribution is -2.61. The molecule has 15 heteroatoms. The van der Waals surface area contributed by atoms with Gasteiger partial charge in [-0.25, -0.2) is 4.79 Å². The van der Waals surface area contributed by atoms with Crippen molar-refractivity contribution in [1.29, 1.82) is 0 Å². The molecule has 0 aromatic heterocycles. The van der Waals surface area contributed by atoms with Crippen LogP contribution in [-0.2, 0) is 52.4 Å². The molecule has 1 aliphatic carbocycles. The van der Waals surface area contributed by atoms with E-state index in [9.17, 15) is 34.2 Å². The first-order valence-electron chi connectivity index (χ1n) is 25.1. The van der Waals surface area contributed by atoms with Gasteiger partial charge in [-0.05, 0) is 107 Å². The van der Waals surface area contributed by atoms with E-state index < -0.39 is 77.8 Å². The van der Waals surface area contributed by atoms with Gasteiger partial charge in [0.1, 0.15) is 30.1 Å². The highest BCUT2D eigenvalue weighted by Crippen LogP contribution is 2.38. The number of hydrogen-bond acceptors (Lipinski definition) is 14. The molecule has 384 valence electrons. The third kappa shape index (κ3) is 15.3. The third-order valence-corrected chi connectivity index (χ3v) is 14.9. The first kappa shape index (κ1) is 57.2. The zero-order valence-corrected chi connectivity index (χ0v) is 42.6. The van der Waals surface area contributed by atoms with Crippen molar-refractivity contribution >= 4 is 29.2 Å². The lowest BCUT2D eigenvalue weighted by molar-refractivity contribution is -0.265. The molecule has 15 nitrogen and oxygen atoms in total. The second-order valence-electron chi connectivity index (χ2n) is 20.2. The molecule has 0 aromatic carbocycles. The average molecular weight is 957 g/mol. The Labute approximate surface area is 405 Å². The highest BCUT2D eigenvalue weighted by atomic mass is 16.6. The Balaban J connectivity index is 1.70. The highest BCUT2D eigenvalue weighted by molar-refractivity contribution is 6.39. The van der Waals surface area contributed by atoms with Crippen LogP contribution < -0.4 is 5.73 Å². The van der Waals surface area contributed by atoms with E-state index in [1.807, 2.05) is 58.1 Å². The van der Waals surface area contributed by atoms with Gasteiger partial charge in [0.2, 0.25) is 5.79 Å². The van der Waals surface area contributed by atoms with Crippen LogP contribution in [-0.4, -0.2) is 140 Å². The Kier molecular flexibility index (Phi) is 22.9. The number of piperidine rings is 1. The number of ether oxygens (including phenoxy) is 6. The normalized spacial score (nSPS) is 37.9. The van der Waals surface area contributed by atoms with Crippen molar-refractivity contribution in [3.63, 3.8) is 0 Å². The van der Waals surface area contributed by atoms with Crippen molar-refractivity contribution in [3.8, 4) is 0 Å². The van der Waals surface area contributed by atoms with Crippen LogP contribution in [0.25, 0.3) is 0 Å². The van der Waals surface area contributed by atoms with Crippen LogP contribution in [0.1, 0.15) is 126 Å². The van der Waals surface area contributed by atoms with Crippen molar-refractivity contribution < 1.29 is 62.6 Å². The van der Waals surface area contributed by atoms with Gasteiger partial charge in [-0.3, -0.25) is 19.2 Å². The topological polar surface area (TPSA) is 210 Å². The van der Waals surface area contributed by atoms with Crippen LogP contribution in [0.2, 0.25) is 0 Å². The molecule has 0 aromatic rings. The van der Waals surface area contributed by atoms with Gasteiger partial charge in [0.25, 0.3) is 11.7 Å². The first-order chi connectivity index (χ1) is 32.3. The summed E-state index contributed by atoms with van der Waals surface area (Å²) in [5.41, 5.74) is 6.99. The number of fused-ring (bicyclic) bond motifs is 3. The summed E-state index contributed by atoms with van der Waals surface area (Å²) in [6.45, 7) is 13.7. The number of cyclic esters (lactones) is 1. The number of rotatable bonds is 9. The number of esters is 1. The Hall–Kier alpha value is -3.41. The van der Waals surface area contributed by atoms with E-state index >= 15 is 0 Å². The minimum absolute atomic E-state index is 0.0199. The minimum Gasteiger partial charge on any atom is -0.460 e. The number of ketones is 3. The van der Waals surface area contributed by atoms with E-state index in [1.54, 1.807) is 41.1 Å². The molecule has 2 saturated heterocycles. The van der Waals surface area contributed by atoms with E-state index in [0.717, 1.165) is 18.4 Å². The maximum atomic E-state index is 14.5. The van der Waals surface area contributed by atoms with E-state index in [-0.39, 0.29) is 60.9 Å². The van der Waals surface area contributed by atoms with Crippen LogP contribution >= 0.6 is 0 Å². The monoisotopic (exact) mass is 957 g/mol. The lowest BCUT2D eigenvalue weighted by atomic mass is 9.78. The molecule has 0 radical (unpaired) electrons. The molecule has 3 fully saturated rings. The fourth-order valence-electron chi connectivity index (χ4n) is 10.5. The lowest BCUT2D eigenvalue weighted by Gasteiger charge is -2.42. The van der Waals surface area contributed by atoms with Gasteiger partial charge in [0.05, 0.1) is 31.0 Å². The number of carbonyl (C=O) groups is 5. The fourth-order valence-corrected chi connectivity index (χ4v) is 10.5.